The predicted octanol–water partition coefficient (Wildman–Crippen LogP) is 3.35. The number of allylic oxidation sites excluding steroid dienone is 4. The molecule has 2 N–H and O–H groups in total. The maximum absolute atomic E-state index is 14.2. The van der Waals surface area contributed by atoms with E-state index in [1.165, 1.54) is 18.5 Å². The van der Waals surface area contributed by atoms with Crippen LogP contribution in [-0.2, 0) is 13.0 Å². The predicted molar refractivity (Wildman–Crippen MR) is 104 cm³/mol. The van der Waals surface area contributed by atoms with Crippen molar-refractivity contribution in [2.24, 2.45) is 0 Å². The number of aromatic nitrogens is 2. The van der Waals surface area contributed by atoms with Crippen molar-refractivity contribution in [1.29, 1.82) is 0 Å². The molecule has 0 amide bonds. The number of aldehydes is 1. The summed E-state index contributed by atoms with van der Waals surface area (Å²) in [6.07, 6.45) is 9.17. The highest BCUT2D eigenvalue weighted by Gasteiger charge is 2.32. The Morgan fingerprint density at radius 3 is 2.83 bits per heavy atom. The van der Waals surface area contributed by atoms with Gasteiger partial charge in [0.25, 0.3) is 11.5 Å². The molecule has 0 unspecified atom stereocenters. The van der Waals surface area contributed by atoms with Gasteiger partial charge in [0, 0.05) is 18.8 Å². The summed E-state index contributed by atoms with van der Waals surface area (Å²) >= 11 is 0. The lowest BCUT2D eigenvalue weighted by molar-refractivity contribution is -0.00169. The fourth-order valence-electron chi connectivity index (χ4n) is 2.83. The van der Waals surface area contributed by atoms with E-state index in [-0.39, 0.29) is 18.4 Å². The largest absolute Gasteiger partial charge is 0.505 e. The van der Waals surface area contributed by atoms with Gasteiger partial charge in [-0.15, -0.1) is 0 Å². The van der Waals surface area contributed by atoms with Crippen LogP contribution in [0.15, 0.2) is 47.2 Å². The summed E-state index contributed by atoms with van der Waals surface area (Å²) in [5.41, 5.74) is -0.338. The van der Waals surface area contributed by atoms with Crippen LogP contribution in [-0.4, -0.2) is 40.1 Å². The molecule has 0 aromatic carbocycles. The standard InChI is InChI=1S/C20H22F3N3O3/c1-2-4-14(5-3-6-21)7-15-8-24-9-18(28)16(11-27)19(29)26-10-17(15)25-12-20(22,23)13-26/h3-5,8-11,25,28H,2,6-7,12-13H2,1H3/b5-3-,14-4+,15-8?,18-16?,24-9?. The fraction of sp³-hybridized carbons (Fsp3) is 0.350. The highest BCUT2D eigenvalue weighted by Crippen LogP contribution is 2.24. The average Bonchev–Trinajstić information content (AvgIpc) is 2.83. The summed E-state index contributed by atoms with van der Waals surface area (Å²) in [5.74, 6) is -3.99. The van der Waals surface area contributed by atoms with Crippen molar-refractivity contribution in [3.63, 3.8) is 0 Å². The molecular formula is C20H22F3N3O3. The zero-order chi connectivity index (χ0) is 21.4. The van der Waals surface area contributed by atoms with E-state index in [0.717, 1.165) is 11.8 Å². The van der Waals surface area contributed by atoms with Crippen molar-refractivity contribution in [2.45, 2.75) is 32.2 Å². The first-order valence-corrected chi connectivity index (χ1v) is 8.98. The Kier molecular flexibility index (Phi) is 7.58. The van der Waals surface area contributed by atoms with Crippen LogP contribution in [0.5, 0.6) is 5.75 Å². The van der Waals surface area contributed by atoms with E-state index in [0.29, 0.717) is 16.6 Å². The molecule has 1 aliphatic rings. The number of aromatic hydroxyl groups is 1. The number of nitrogens with zero attached hydrogens (tertiary/aromatic N) is 2. The van der Waals surface area contributed by atoms with Gasteiger partial charge in [0.15, 0.2) is 6.29 Å². The maximum atomic E-state index is 14.2. The molecule has 1 aromatic rings. The second kappa shape index (κ2) is 9.90. The first-order valence-electron chi connectivity index (χ1n) is 8.98. The molecule has 0 spiro atoms. The molecule has 2 heterocycles. The van der Waals surface area contributed by atoms with Crippen LogP contribution in [0.2, 0.25) is 0 Å². The molecular weight excluding hydrogens is 387 g/mol. The van der Waals surface area contributed by atoms with Crippen molar-refractivity contribution in [3.05, 3.63) is 63.9 Å². The topological polar surface area (TPSA) is 84.2 Å². The number of carbonyl (C=O) groups is 1. The van der Waals surface area contributed by atoms with E-state index >= 15 is 0 Å². The van der Waals surface area contributed by atoms with Crippen LogP contribution in [0.1, 0.15) is 29.3 Å². The smallest absolute Gasteiger partial charge is 0.282 e. The molecule has 1 aliphatic heterocycles. The summed E-state index contributed by atoms with van der Waals surface area (Å²) in [5, 5.41) is 12.6. The molecule has 0 saturated carbocycles. The number of rotatable bonds is 6. The molecule has 0 atom stereocenters. The van der Waals surface area contributed by atoms with E-state index in [2.05, 4.69) is 10.3 Å². The number of hydrogen-bond donors (Lipinski definition) is 2. The third kappa shape index (κ3) is 5.94. The fourth-order valence-corrected chi connectivity index (χ4v) is 2.83. The molecule has 0 saturated heterocycles. The number of carbonyl (C=O) groups excluding carboxylic acids is 1. The van der Waals surface area contributed by atoms with Crippen LogP contribution in [0.3, 0.4) is 0 Å². The minimum absolute atomic E-state index is 0.101. The van der Waals surface area contributed by atoms with Crippen molar-refractivity contribution >= 4 is 12.0 Å². The zero-order valence-electron chi connectivity index (χ0n) is 15.9. The first-order chi connectivity index (χ1) is 13.8. The van der Waals surface area contributed by atoms with Gasteiger partial charge in [0.05, 0.1) is 25.0 Å². The second-order valence-corrected chi connectivity index (χ2v) is 6.46. The minimum atomic E-state index is -3.27. The average molecular weight is 409 g/mol. The third-order valence-corrected chi connectivity index (χ3v) is 4.16. The zero-order valence-corrected chi connectivity index (χ0v) is 15.9. The van der Waals surface area contributed by atoms with Crippen molar-refractivity contribution in [1.82, 2.24) is 9.55 Å². The Labute approximate surface area is 165 Å². The maximum Gasteiger partial charge on any atom is 0.282 e. The van der Waals surface area contributed by atoms with Gasteiger partial charge in [-0.05, 0) is 17.6 Å². The number of fused-ring (bicyclic) bond motifs is 2. The van der Waals surface area contributed by atoms with Gasteiger partial charge in [-0.1, -0.05) is 25.2 Å². The first kappa shape index (κ1) is 22.2. The lowest BCUT2D eigenvalue weighted by atomic mass is 10.0. The van der Waals surface area contributed by atoms with E-state index in [9.17, 15) is 27.9 Å². The van der Waals surface area contributed by atoms with Gasteiger partial charge >= 0.3 is 0 Å². The Balaban J connectivity index is 2.76. The number of anilines is 1. The SMILES string of the molecule is CC/C=C(\C=C/CF)Cc1cncc(O)c(C=O)c(=O)n2cc1NCC(F)(F)C2. The Morgan fingerprint density at radius 2 is 2.17 bits per heavy atom. The van der Waals surface area contributed by atoms with Crippen LogP contribution < -0.4 is 10.9 Å². The van der Waals surface area contributed by atoms with Gasteiger partial charge in [-0.25, -0.2) is 13.2 Å². The molecule has 9 heteroatoms. The highest BCUT2D eigenvalue weighted by atomic mass is 19.3. The lowest BCUT2D eigenvalue weighted by Crippen LogP contribution is -2.34. The van der Waals surface area contributed by atoms with Crippen LogP contribution in [0, 0.1) is 0 Å². The minimum Gasteiger partial charge on any atom is -0.505 e. The molecule has 156 valence electrons. The quantitative estimate of drug-likeness (QED) is 0.556. The summed E-state index contributed by atoms with van der Waals surface area (Å²) in [4.78, 5) is 27.7. The van der Waals surface area contributed by atoms with Gasteiger partial charge in [0.1, 0.15) is 18.0 Å². The van der Waals surface area contributed by atoms with Crippen molar-refractivity contribution < 1.29 is 23.1 Å². The number of nitrogens with one attached hydrogen (secondary N) is 1. The van der Waals surface area contributed by atoms with Crippen LogP contribution in [0.25, 0.3) is 0 Å². The number of hydrogen-bond acceptors (Lipinski definition) is 5. The molecule has 0 aliphatic carbocycles. The van der Waals surface area contributed by atoms with E-state index in [1.807, 2.05) is 13.0 Å². The van der Waals surface area contributed by atoms with Crippen LogP contribution >= 0.6 is 0 Å². The van der Waals surface area contributed by atoms with E-state index in [1.54, 1.807) is 6.08 Å². The number of halogens is 3. The summed E-state index contributed by atoms with van der Waals surface area (Å²) in [6, 6.07) is 0. The Hall–Kier alpha value is -3.10. The van der Waals surface area contributed by atoms with E-state index in [4.69, 9.17) is 0 Å². The highest BCUT2D eigenvalue weighted by molar-refractivity contribution is 5.77. The molecule has 1 aromatic heterocycles. The lowest BCUT2D eigenvalue weighted by Gasteiger charge is -2.14. The van der Waals surface area contributed by atoms with Gasteiger partial charge in [-0.2, -0.15) is 0 Å². The van der Waals surface area contributed by atoms with E-state index < -0.39 is 42.6 Å². The summed E-state index contributed by atoms with van der Waals surface area (Å²) in [7, 11) is 0. The molecule has 0 fully saturated rings. The molecule has 2 rings (SSSR count). The number of alkyl halides is 3. The molecule has 0 radical (unpaired) electrons. The van der Waals surface area contributed by atoms with Gasteiger partial charge < -0.3 is 15.0 Å². The second-order valence-electron chi connectivity index (χ2n) is 6.46. The Morgan fingerprint density at radius 1 is 1.41 bits per heavy atom. The molecule has 6 nitrogen and oxygen atoms in total. The Bertz CT molecular complexity index is 938. The van der Waals surface area contributed by atoms with Gasteiger partial charge in [0.2, 0.25) is 0 Å². The summed E-state index contributed by atoms with van der Waals surface area (Å²) < 4.78 is 41.6. The van der Waals surface area contributed by atoms with Crippen molar-refractivity contribution in [3.8, 4) is 5.75 Å². The van der Waals surface area contributed by atoms with Crippen molar-refractivity contribution in [2.75, 3.05) is 18.5 Å². The third-order valence-electron chi connectivity index (χ3n) is 4.16. The molecule has 29 heavy (non-hydrogen) atoms. The van der Waals surface area contributed by atoms with Gasteiger partial charge in [-0.3, -0.25) is 14.6 Å². The monoisotopic (exact) mass is 409 g/mol. The normalized spacial score (nSPS) is 15.4. The van der Waals surface area contributed by atoms with Crippen LogP contribution in [0.4, 0.5) is 18.9 Å². The summed E-state index contributed by atoms with van der Waals surface area (Å²) in [6.45, 7) is -0.447. The molecule has 2 bridgehead atoms.